The van der Waals surface area contributed by atoms with Crippen molar-refractivity contribution in [3.63, 3.8) is 0 Å². The van der Waals surface area contributed by atoms with Crippen molar-refractivity contribution in [3.05, 3.63) is 63.7 Å². The van der Waals surface area contributed by atoms with Crippen molar-refractivity contribution in [1.29, 1.82) is 0 Å². The lowest BCUT2D eigenvalue weighted by Crippen LogP contribution is -2.04. The van der Waals surface area contributed by atoms with Gasteiger partial charge in [-0.2, -0.15) is 0 Å². The first-order chi connectivity index (χ1) is 12.5. The average molecular weight is 395 g/mol. The first-order valence-corrected chi connectivity index (χ1v) is 8.66. The highest BCUT2D eigenvalue weighted by atomic mass is 35.5. The van der Waals surface area contributed by atoms with Crippen LogP contribution in [0.15, 0.2) is 42.5 Å². The molecule has 0 heterocycles. The molecular formula is C20H20Cl2O4. The van der Waals surface area contributed by atoms with Crippen molar-refractivity contribution in [3.8, 4) is 17.2 Å². The molecule has 0 amide bonds. The lowest BCUT2D eigenvalue weighted by Gasteiger charge is -2.14. The van der Waals surface area contributed by atoms with Crippen molar-refractivity contribution in [1.82, 2.24) is 0 Å². The zero-order valence-electron chi connectivity index (χ0n) is 14.8. The number of ketones is 1. The molecule has 0 aliphatic heterocycles. The first kappa shape index (κ1) is 20.1. The maximum absolute atomic E-state index is 12.3. The van der Waals surface area contributed by atoms with E-state index in [1.165, 1.54) is 6.08 Å². The highest BCUT2D eigenvalue weighted by Crippen LogP contribution is 2.34. The summed E-state index contributed by atoms with van der Waals surface area (Å²) in [4.78, 5) is 12.3. The third-order valence-corrected chi connectivity index (χ3v) is 4.41. The Morgan fingerprint density at radius 3 is 2.19 bits per heavy atom. The van der Waals surface area contributed by atoms with Crippen LogP contribution >= 0.6 is 23.2 Å². The Hall–Kier alpha value is -2.17. The van der Waals surface area contributed by atoms with Gasteiger partial charge in [0.2, 0.25) is 0 Å². The number of hydrogen-bond acceptors (Lipinski definition) is 4. The molecule has 0 saturated carbocycles. The van der Waals surface area contributed by atoms with Gasteiger partial charge in [0.15, 0.2) is 5.78 Å². The van der Waals surface area contributed by atoms with Crippen LogP contribution in [0, 0.1) is 0 Å². The topological polar surface area (TPSA) is 44.8 Å². The summed E-state index contributed by atoms with van der Waals surface area (Å²) in [6.07, 6.45) is 4.01. The number of rotatable bonds is 8. The quantitative estimate of drug-likeness (QED) is 0.595. The Bertz CT molecular complexity index is 790. The maximum atomic E-state index is 12.3. The van der Waals surface area contributed by atoms with Crippen LogP contribution in [0.2, 0.25) is 10.0 Å². The molecule has 0 bridgehead atoms. The molecule has 138 valence electrons. The van der Waals surface area contributed by atoms with Crippen molar-refractivity contribution in [2.45, 2.75) is 12.8 Å². The van der Waals surface area contributed by atoms with Gasteiger partial charge >= 0.3 is 0 Å². The van der Waals surface area contributed by atoms with Crippen LogP contribution < -0.4 is 14.2 Å². The van der Waals surface area contributed by atoms with Gasteiger partial charge < -0.3 is 14.2 Å². The van der Waals surface area contributed by atoms with E-state index in [0.29, 0.717) is 39.3 Å². The minimum atomic E-state index is -0.0724. The highest BCUT2D eigenvalue weighted by molar-refractivity contribution is 6.35. The summed E-state index contributed by atoms with van der Waals surface area (Å²) < 4.78 is 15.9. The molecule has 0 radical (unpaired) electrons. The van der Waals surface area contributed by atoms with Gasteiger partial charge in [0.05, 0.1) is 21.3 Å². The molecule has 2 aromatic rings. The molecule has 0 N–H and O–H groups in total. The molecule has 0 spiro atoms. The number of ether oxygens (including phenoxy) is 3. The second kappa shape index (κ2) is 9.51. The highest BCUT2D eigenvalue weighted by Gasteiger charge is 2.15. The Morgan fingerprint density at radius 2 is 1.65 bits per heavy atom. The smallest absolute Gasteiger partial charge is 0.160 e. The first-order valence-electron chi connectivity index (χ1n) is 7.90. The Kier molecular flexibility index (Phi) is 7.37. The zero-order valence-corrected chi connectivity index (χ0v) is 16.4. The number of benzene rings is 2. The normalized spacial score (nSPS) is 10.8. The van der Waals surface area contributed by atoms with E-state index in [9.17, 15) is 4.79 Å². The number of methoxy groups -OCH3 is 3. The molecule has 0 fully saturated rings. The zero-order chi connectivity index (χ0) is 19.1. The fraction of sp³-hybridized carbons (Fsp3) is 0.250. The van der Waals surface area contributed by atoms with E-state index in [2.05, 4.69) is 0 Å². The largest absolute Gasteiger partial charge is 0.496 e. The van der Waals surface area contributed by atoms with Crippen LogP contribution in [0.1, 0.15) is 11.1 Å². The second-order valence-electron chi connectivity index (χ2n) is 5.50. The van der Waals surface area contributed by atoms with Crippen LogP contribution in [-0.4, -0.2) is 27.1 Å². The molecule has 26 heavy (non-hydrogen) atoms. The molecule has 6 heteroatoms. The molecule has 0 unspecified atom stereocenters. The van der Waals surface area contributed by atoms with Crippen LogP contribution in [0.3, 0.4) is 0 Å². The van der Waals surface area contributed by atoms with Crippen LogP contribution in [0.4, 0.5) is 0 Å². The SMILES string of the molecule is COc1cc(OC)c(CC(=O)/C=C/Cc2ccc(Cl)cc2Cl)c(OC)c1. The van der Waals surface area contributed by atoms with Gasteiger partial charge in [0.25, 0.3) is 0 Å². The lowest BCUT2D eigenvalue weighted by molar-refractivity contribution is -0.114. The second-order valence-corrected chi connectivity index (χ2v) is 6.34. The Balaban J connectivity index is 2.11. The molecule has 0 aromatic heterocycles. The van der Waals surface area contributed by atoms with E-state index in [1.807, 2.05) is 6.07 Å². The summed E-state index contributed by atoms with van der Waals surface area (Å²) in [7, 11) is 4.64. The van der Waals surface area contributed by atoms with Crippen LogP contribution in [-0.2, 0) is 17.6 Å². The molecular weight excluding hydrogens is 375 g/mol. The van der Waals surface area contributed by atoms with E-state index in [0.717, 1.165) is 5.56 Å². The Morgan fingerprint density at radius 1 is 1.00 bits per heavy atom. The molecule has 4 nitrogen and oxygen atoms in total. The summed E-state index contributed by atoms with van der Waals surface area (Å²) in [6.45, 7) is 0. The number of halogens is 2. The predicted molar refractivity (Wildman–Crippen MR) is 104 cm³/mol. The molecule has 0 atom stereocenters. The third kappa shape index (κ3) is 5.16. The van der Waals surface area contributed by atoms with Crippen LogP contribution in [0.5, 0.6) is 17.2 Å². The summed E-state index contributed by atoms with van der Waals surface area (Å²) >= 11 is 12.0. The summed E-state index contributed by atoms with van der Waals surface area (Å²) in [5.74, 6) is 1.62. The fourth-order valence-corrected chi connectivity index (χ4v) is 2.98. The molecule has 0 saturated heterocycles. The van der Waals surface area contributed by atoms with Gasteiger partial charge in [-0.1, -0.05) is 35.3 Å². The van der Waals surface area contributed by atoms with Gasteiger partial charge in [-0.3, -0.25) is 4.79 Å². The van der Waals surface area contributed by atoms with Gasteiger partial charge in [0, 0.05) is 34.2 Å². The molecule has 0 aliphatic carbocycles. The molecule has 0 aliphatic rings. The van der Waals surface area contributed by atoms with Crippen molar-refractivity contribution in [2.75, 3.05) is 21.3 Å². The van der Waals surface area contributed by atoms with Crippen molar-refractivity contribution >= 4 is 29.0 Å². The van der Waals surface area contributed by atoms with Gasteiger partial charge in [-0.15, -0.1) is 0 Å². The molecule has 2 aromatic carbocycles. The van der Waals surface area contributed by atoms with Crippen molar-refractivity contribution in [2.24, 2.45) is 0 Å². The van der Waals surface area contributed by atoms with E-state index < -0.39 is 0 Å². The van der Waals surface area contributed by atoms with E-state index >= 15 is 0 Å². The number of carbonyl (C=O) groups is 1. The average Bonchev–Trinajstić information content (AvgIpc) is 2.63. The van der Waals surface area contributed by atoms with E-state index in [-0.39, 0.29) is 12.2 Å². The summed E-state index contributed by atoms with van der Waals surface area (Å²) in [6, 6.07) is 8.74. The summed E-state index contributed by atoms with van der Waals surface area (Å²) in [5, 5.41) is 1.16. The third-order valence-electron chi connectivity index (χ3n) is 3.82. The lowest BCUT2D eigenvalue weighted by atomic mass is 10.0. The standard InChI is InChI=1S/C20H20Cl2O4/c1-24-16-11-19(25-2)17(20(12-16)26-3)10-15(23)6-4-5-13-7-8-14(21)9-18(13)22/h4,6-9,11-12H,5,10H2,1-3H3/b6-4+. The molecule has 2 rings (SSSR count). The maximum Gasteiger partial charge on any atom is 0.160 e. The minimum absolute atomic E-state index is 0.0724. The number of carbonyl (C=O) groups excluding carboxylic acids is 1. The van der Waals surface area contributed by atoms with E-state index in [1.54, 1.807) is 51.7 Å². The number of hydrogen-bond donors (Lipinski definition) is 0. The minimum Gasteiger partial charge on any atom is -0.496 e. The number of allylic oxidation sites excluding steroid dienone is 2. The predicted octanol–water partition coefficient (Wildman–Crippen LogP) is 4.93. The van der Waals surface area contributed by atoms with E-state index in [4.69, 9.17) is 37.4 Å². The van der Waals surface area contributed by atoms with Gasteiger partial charge in [-0.25, -0.2) is 0 Å². The van der Waals surface area contributed by atoms with Crippen LogP contribution in [0.25, 0.3) is 0 Å². The monoisotopic (exact) mass is 394 g/mol. The van der Waals surface area contributed by atoms with Gasteiger partial charge in [0.1, 0.15) is 17.2 Å². The fourth-order valence-electron chi connectivity index (χ4n) is 2.49. The summed E-state index contributed by atoms with van der Waals surface area (Å²) in [5.41, 5.74) is 1.58. The Labute approximate surface area is 163 Å². The van der Waals surface area contributed by atoms with Crippen molar-refractivity contribution < 1.29 is 19.0 Å². The van der Waals surface area contributed by atoms with Gasteiger partial charge in [-0.05, 0) is 30.2 Å².